The van der Waals surface area contributed by atoms with Crippen LogP contribution in [0.3, 0.4) is 0 Å². The van der Waals surface area contributed by atoms with E-state index < -0.39 is 0 Å². The fraction of sp³-hybridized carbons (Fsp3) is 0.682. The van der Waals surface area contributed by atoms with Crippen LogP contribution in [0.4, 0.5) is 0 Å². The van der Waals surface area contributed by atoms with Gasteiger partial charge in [-0.25, -0.2) is 9.50 Å². The number of likely N-dealkylation sites (tertiary alicyclic amines) is 1. The lowest BCUT2D eigenvalue weighted by molar-refractivity contribution is -0.0966. The summed E-state index contributed by atoms with van der Waals surface area (Å²) in [6, 6.07) is 3.81. The molecule has 1 amide bonds. The first kappa shape index (κ1) is 19.0. The number of nitrogens with zero attached hydrogens (tertiary/aromatic N) is 5. The lowest BCUT2D eigenvalue weighted by Gasteiger charge is -2.58. The van der Waals surface area contributed by atoms with Crippen LogP contribution in [0.25, 0.3) is 5.65 Å². The van der Waals surface area contributed by atoms with Gasteiger partial charge in [0.15, 0.2) is 5.65 Å². The van der Waals surface area contributed by atoms with Crippen molar-refractivity contribution in [1.29, 1.82) is 0 Å². The maximum atomic E-state index is 13.4. The van der Waals surface area contributed by atoms with Crippen molar-refractivity contribution in [2.75, 3.05) is 45.9 Å². The van der Waals surface area contributed by atoms with Crippen molar-refractivity contribution in [2.24, 2.45) is 16.7 Å². The SMILES string of the molecule is Cc1cc2nc(C(=O)N3C[C@@H]4C(C)(C)C[C@]4(CN4CCOCC4)C3)cc(C)n2n1. The van der Waals surface area contributed by atoms with E-state index in [1.165, 1.54) is 6.42 Å². The van der Waals surface area contributed by atoms with Gasteiger partial charge in [0, 0.05) is 49.9 Å². The average molecular weight is 398 g/mol. The molecule has 0 unspecified atom stereocenters. The standard InChI is InChI=1S/C22H31N5O2/c1-15-9-19-23-17(10-16(2)27(19)24-15)20(28)26-11-18-21(3,4)12-22(18,14-26)13-25-5-7-29-8-6-25/h9-10,18H,5-8,11-14H2,1-4H3/t18-,22+/m1/s1. The molecule has 1 aliphatic carbocycles. The Morgan fingerprint density at radius 2 is 2.00 bits per heavy atom. The van der Waals surface area contributed by atoms with Crippen molar-refractivity contribution in [2.45, 2.75) is 34.1 Å². The van der Waals surface area contributed by atoms with E-state index in [1.54, 1.807) is 0 Å². The van der Waals surface area contributed by atoms with E-state index >= 15 is 0 Å². The van der Waals surface area contributed by atoms with Crippen LogP contribution in [0.2, 0.25) is 0 Å². The van der Waals surface area contributed by atoms with Crippen LogP contribution in [0.5, 0.6) is 0 Å². The lowest BCUT2D eigenvalue weighted by Crippen LogP contribution is -2.59. The summed E-state index contributed by atoms with van der Waals surface area (Å²) in [5.74, 6) is 0.602. The van der Waals surface area contributed by atoms with Gasteiger partial charge in [-0.2, -0.15) is 5.10 Å². The van der Waals surface area contributed by atoms with E-state index in [0.717, 1.165) is 63.0 Å². The van der Waals surface area contributed by atoms with E-state index in [2.05, 4.69) is 33.7 Å². The Bertz CT molecular complexity index is 962. The van der Waals surface area contributed by atoms with Gasteiger partial charge in [-0.3, -0.25) is 9.69 Å². The van der Waals surface area contributed by atoms with Crippen LogP contribution in [-0.4, -0.2) is 76.2 Å². The van der Waals surface area contributed by atoms with Crippen LogP contribution < -0.4 is 0 Å². The summed E-state index contributed by atoms with van der Waals surface area (Å²) in [5, 5.41) is 4.45. The minimum atomic E-state index is 0.0565. The number of fused-ring (bicyclic) bond motifs is 2. The summed E-state index contributed by atoms with van der Waals surface area (Å²) in [5.41, 5.74) is 3.64. The molecule has 2 aliphatic heterocycles. The largest absolute Gasteiger partial charge is 0.379 e. The first-order chi connectivity index (χ1) is 13.8. The van der Waals surface area contributed by atoms with Gasteiger partial charge >= 0.3 is 0 Å². The Morgan fingerprint density at radius 3 is 2.72 bits per heavy atom. The second kappa shape index (κ2) is 6.51. The number of rotatable bonds is 3. The molecule has 0 spiro atoms. The Hall–Kier alpha value is -1.99. The highest BCUT2D eigenvalue weighted by atomic mass is 16.5. The first-order valence-electron chi connectivity index (χ1n) is 10.7. The van der Waals surface area contributed by atoms with Crippen LogP contribution in [0, 0.1) is 30.6 Å². The third-order valence-electron chi connectivity index (χ3n) is 7.27. The molecule has 7 nitrogen and oxygen atoms in total. The summed E-state index contributed by atoms with van der Waals surface area (Å²) in [4.78, 5) is 22.6. The zero-order valence-electron chi connectivity index (χ0n) is 17.9. The summed E-state index contributed by atoms with van der Waals surface area (Å²) >= 11 is 0. The molecule has 156 valence electrons. The number of hydrogen-bond acceptors (Lipinski definition) is 5. The fourth-order valence-electron chi connectivity index (χ4n) is 6.21. The normalized spacial score (nSPS) is 29.1. The average Bonchev–Trinajstić information content (AvgIpc) is 3.20. The van der Waals surface area contributed by atoms with Gasteiger partial charge in [-0.1, -0.05) is 13.8 Å². The van der Waals surface area contributed by atoms with Crippen molar-refractivity contribution in [3.63, 3.8) is 0 Å². The molecule has 0 N–H and O–H groups in total. The highest BCUT2D eigenvalue weighted by Gasteiger charge is 2.63. The molecule has 0 bridgehead atoms. The van der Waals surface area contributed by atoms with E-state index in [-0.39, 0.29) is 16.7 Å². The number of carbonyl (C=O) groups is 1. The summed E-state index contributed by atoms with van der Waals surface area (Å²) < 4.78 is 7.33. The molecular formula is C22H31N5O2. The van der Waals surface area contributed by atoms with Crippen molar-refractivity contribution >= 4 is 11.6 Å². The molecule has 2 saturated heterocycles. The first-order valence-corrected chi connectivity index (χ1v) is 10.7. The molecule has 0 aromatic carbocycles. The number of carbonyl (C=O) groups excluding carboxylic acids is 1. The van der Waals surface area contributed by atoms with E-state index in [1.807, 2.05) is 30.5 Å². The Labute approximate surface area is 172 Å². The number of aryl methyl sites for hydroxylation is 2. The zero-order chi connectivity index (χ0) is 20.4. The molecule has 2 atom stereocenters. The molecule has 0 radical (unpaired) electrons. The van der Waals surface area contributed by atoms with Crippen molar-refractivity contribution in [1.82, 2.24) is 24.4 Å². The number of morpholine rings is 1. The van der Waals surface area contributed by atoms with Crippen molar-refractivity contribution in [3.8, 4) is 0 Å². The second-order valence-corrected chi connectivity index (χ2v) is 9.99. The molecule has 1 saturated carbocycles. The van der Waals surface area contributed by atoms with Crippen LogP contribution in [0.1, 0.15) is 42.1 Å². The summed E-state index contributed by atoms with van der Waals surface area (Å²) in [6.07, 6.45) is 1.18. The smallest absolute Gasteiger partial charge is 0.272 e. The highest BCUT2D eigenvalue weighted by molar-refractivity contribution is 5.93. The lowest BCUT2D eigenvalue weighted by atomic mass is 9.48. The predicted molar refractivity (Wildman–Crippen MR) is 110 cm³/mol. The number of aromatic nitrogens is 3. The van der Waals surface area contributed by atoms with Crippen LogP contribution in [0.15, 0.2) is 12.1 Å². The van der Waals surface area contributed by atoms with Gasteiger partial charge in [0.05, 0.1) is 18.9 Å². The predicted octanol–water partition coefficient (Wildman–Crippen LogP) is 2.17. The maximum Gasteiger partial charge on any atom is 0.272 e. The van der Waals surface area contributed by atoms with E-state index in [0.29, 0.717) is 11.6 Å². The van der Waals surface area contributed by atoms with E-state index in [4.69, 9.17) is 4.74 Å². The monoisotopic (exact) mass is 397 g/mol. The van der Waals surface area contributed by atoms with Crippen LogP contribution >= 0.6 is 0 Å². The maximum absolute atomic E-state index is 13.4. The Morgan fingerprint density at radius 1 is 1.24 bits per heavy atom. The zero-order valence-corrected chi connectivity index (χ0v) is 17.9. The van der Waals surface area contributed by atoms with E-state index in [9.17, 15) is 4.79 Å². The molecular weight excluding hydrogens is 366 g/mol. The van der Waals surface area contributed by atoms with Crippen molar-refractivity contribution in [3.05, 3.63) is 29.2 Å². The number of amides is 1. The highest BCUT2D eigenvalue weighted by Crippen LogP contribution is 2.63. The van der Waals surface area contributed by atoms with Gasteiger partial charge in [0.1, 0.15) is 5.69 Å². The van der Waals surface area contributed by atoms with Gasteiger partial charge in [-0.05, 0) is 37.7 Å². The molecule has 7 heteroatoms. The Kier molecular flexibility index (Phi) is 4.26. The fourth-order valence-corrected chi connectivity index (χ4v) is 6.21. The summed E-state index contributed by atoms with van der Waals surface area (Å²) in [7, 11) is 0. The number of hydrogen-bond donors (Lipinski definition) is 0. The molecule has 3 aliphatic rings. The minimum absolute atomic E-state index is 0.0565. The quantitative estimate of drug-likeness (QED) is 0.794. The molecule has 3 fully saturated rings. The van der Waals surface area contributed by atoms with Gasteiger partial charge in [0.2, 0.25) is 0 Å². The minimum Gasteiger partial charge on any atom is -0.379 e. The number of ether oxygens (including phenoxy) is 1. The summed E-state index contributed by atoms with van der Waals surface area (Å²) in [6.45, 7) is 15.0. The second-order valence-electron chi connectivity index (χ2n) is 9.99. The molecule has 5 rings (SSSR count). The third-order valence-corrected chi connectivity index (χ3v) is 7.27. The molecule has 29 heavy (non-hydrogen) atoms. The van der Waals surface area contributed by atoms with Crippen molar-refractivity contribution < 1.29 is 9.53 Å². The third kappa shape index (κ3) is 3.06. The Balaban J connectivity index is 1.40. The topological polar surface area (TPSA) is 63.0 Å². The van der Waals surface area contributed by atoms with Gasteiger partial charge in [-0.15, -0.1) is 0 Å². The van der Waals surface area contributed by atoms with Gasteiger partial charge in [0.25, 0.3) is 5.91 Å². The molecule has 2 aromatic heterocycles. The van der Waals surface area contributed by atoms with Crippen LogP contribution in [-0.2, 0) is 4.74 Å². The van der Waals surface area contributed by atoms with Gasteiger partial charge < -0.3 is 9.64 Å². The molecule has 2 aromatic rings. The molecule has 4 heterocycles.